The van der Waals surface area contributed by atoms with Gasteiger partial charge in [0.25, 0.3) is 5.91 Å². The molecular weight excluding hydrogens is 455 g/mol. The van der Waals surface area contributed by atoms with E-state index in [0.29, 0.717) is 44.7 Å². The topological polar surface area (TPSA) is 47.9 Å². The lowest BCUT2D eigenvalue weighted by molar-refractivity contribution is -0.119. The Morgan fingerprint density at radius 3 is 2.32 bits per heavy atom. The summed E-state index contributed by atoms with van der Waals surface area (Å²) in [5, 5.41) is 10.3. The molecule has 2 unspecified atom stereocenters. The van der Waals surface area contributed by atoms with Crippen LogP contribution in [0.2, 0.25) is 15.1 Å². The van der Waals surface area contributed by atoms with Crippen molar-refractivity contribution >= 4 is 52.1 Å². The molecule has 0 aromatic heterocycles. The monoisotopic (exact) mass is 476 g/mol. The summed E-state index contributed by atoms with van der Waals surface area (Å²) < 4.78 is 0. The van der Waals surface area contributed by atoms with Gasteiger partial charge in [-0.3, -0.25) is 15.2 Å². The van der Waals surface area contributed by atoms with Crippen molar-refractivity contribution < 1.29 is 4.79 Å². The van der Waals surface area contributed by atoms with E-state index in [1.165, 1.54) is 19.3 Å². The van der Waals surface area contributed by atoms with Crippen molar-refractivity contribution in [3.63, 3.8) is 0 Å². The molecule has 8 heteroatoms. The van der Waals surface area contributed by atoms with Gasteiger partial charge in [0, 0.05) is 29.6 Å². The Labute approximate surface area is 196 Å². The highest BCUT2D eigenvalue weighted by Gasteiger charge is 2.38. The Hall–Kier alpha value is -1.79. The Balaban J connectivity index is 1.39. The number of fused-ring (bicyclic) bond motifs is 1. The molecule has 31 heavy (non-hydrogen) atoms. The lowest BCUT2D eigenvalue weighted by Crippen LogP contribution is -2.44. The van der Waals surface area contributed by atoms with Crippen molar-refractivity contribution in [3.05, 3.63) is 63.1 Å². The van der Waals surface area contributed by atoms with Crippen molar-refractivity contribution in [2.24, 2.45) is 16.9 Å². The summed E-state index contributed by atoms with van der Waals surface area (Å²) in [4.78, 5) is 13.1. The number of hydrazine groups is 1. The van der Waals surface area contributed by atoms with Gasteiger partial charge in [0.05, 0.1) is 16.8 Å². The van der Waals surface area contributed by atoms with Gasteiger partial charge >= 0.3 is 0 Å². The molecule has 0 radical (unpaired) electrons. The minimum atomic E-state index is -0.158. The first kappa shape index (κ1) is 21.1. The highest BCUT2D eigenvalue weighted by atomic mass is 35.5. The molecule has 3 aliphatic rings. The third-order valence-corrected chi connectivity index (χ3v) is 7.36. The number of hydrogen-bond donors (Lipinski definition) is 1. The number of amides is 1. The predicted molar refractivity (Wildman–Crippen MR) is 126 cm³/mol. The van der Waals surface area contributed by atoms with Gasteiger partial charge in [-0.15, -0.1) is 0 Å². The van der Waals surface area contributed by atoms with Crippen LogP contribution < -0.4 is 10.4 Å². The molecule has 2 aromatic rings. The van der Waals surface area contributed by atoms with Crippen LogP contribution in [-0.4, -0.2) is 29.7 Å². The van der Waals surface area contributed by atoms with Crippen LogP contribution in [0, 0.1) is 11.8 Å². The van der Waals surface area contributed by atoms with Gasteiger partial charge in [-0.1, -0.05) is 53.4 Å². The Bertz CT molecular complexity index is 1010. The highest BCUT2D eigenvalue weighted by Crippen LogP contribution is 2.40. The van der Waals surface area contributed by atoms with E-state index in [2.05, 4.69) is 10.4 Å². The van der Waals surface area contributed by atoms with Gasteiger partial charge < -0.3 is 0 Å². The van der Waals surface area contributed by atoms with E-state index < -0.39 is 0 Å². The molecule has 0 spiro atoms. The van der Waals surface area contributed by atoms with E-state index in [4.69, 9.17) is 39.9 Å². The number of benzene rings is 2. The van der Waals surface area contributed by atoms with E-state index in [0.717, 1.165) is 18.7 Å². The fraction of sp³-hybridized carbons (Fsp3) is 0.391. The van der Waals surface area contributed by atoms with Crippen LogP contribution in [0.15, 0.2) is 47.6 Å². The van der Waals surface area contributed by atoms with Gasteiger partial charge in [-0.2, -0.15) is 5.10 Å². The zero-order chi connectivity index (χ0) is 21.5. The average Bonchev–Trinajstić information content (AvgIpc) is 3.43. The lowest BCUT2D eigenvalue weighted by atomic mass is 10.0. The maximum absolute atomic E-state index is 13.1. The van der Waals surface area contributed by atoms with Gasteiger partial charge in [-0.05, 0) is 60.6 Å². The summed E-state index contributed by atoms with van der Waals surface area (Å²) in [7, 11) is 0. The minimum Gasteiger partial charge on any atom is -0.284 e. The fourth-order valence-corrected chi connectivity index (χ4v) is 5.64. The molecule has 2 heterocycles. The van der Waals surface area contributed by atoms with Crippen molar-refractivity contribution in [1.29, 1.82) is 0 Å². The standard InChI is InChI=1S/C23H23Cl3N4O/c24-17-6-4-14(5-7-17)22-11-20(27-30(22)21-9-8-18(25)10-19(21)26)23(31)28-29-12-15-2-1-3-16(15)13-29/h4-10,15-16,22H,1-3,11-13H2,(H,28,31)/t15?,16?,22-/m0/s1. The van der Waals surface area contributed by atoms with Crippen LogP contribution in [0.25, 0.3) is 0 Å². The van der Waals surface area contributed by atoms with Crippen LogP contribution in [0.5, 0.6) is 0 Å². The number of nitrogens with one attached hydrogen (secondary N) is 1. The molecule has 1 amide bonds. The minimum absolute atomic E-state index is 0.147. The van der Waals surface area contributed by atoms with Crippen LogP contribution in [0.3, 0.4) is 0 Å². The molecule has 1 saturated heterocycles. The molecule has 1 aliphatic carbocycles. The van der Waals surface area contributed by atoms with Crippen LogP contribution >= 0.6 is 34.8 Å². The van der Waals surface area contributed by atoms with Crippen LogP contribution in [-0.2, 0) is 4.79 Å². The molecule has 0 bridgehead atoms. The first-order chi connectivity index (χ1) is 15.0. The number of nitrogens with zero attached hydrogens (tertiary/aromatic N) is 3. The summed E-state index contributed by atoms with van der Waals surface area (Å²) in [6.45, 7) is 1.86. The average molecular weight is 478 g/mol. The number of anilines is 1. The molecule has 2 aliphatic heterocycles. The number of carbonyl (C=O) groups excluding carboxylic acids is 1. The molecule has 162 valence electrons. The van der Waals surface area contributed by atoms with E-state index >= 15 is 0 Å². The quantitative estimate of drug-likeness (QED) is 0.613. The second-order valence-electron chi connectivity index (χ2n) is 8.56. The number of rotatable bonds is 4. The van der Waals surface area contributed by atoms with Crippen molar-refractivity contribution in [3.8, 4) is 0 Å². The summed E-state index contributed by atoms with van der Waals surface area (Å²) in [5.74, 6) is 1.26. The van der Waals surface area contributed by atoms with Gasteiger partial charge in [0.15, 0.2) is 0 Å². The molecule has 2 aromatic carbocycles. The van der Waals surface area contributed by atoms with Crippen LogP contribution in [0.1, 0.15) is 37.3 Å². The zero-order valence-corrected chi connectivity index (χ0v) is 19.2. The molecule has 3 atom stereocenters. The molecule has 1 N–H and O–H groups in total. The largest absolute Gasteiger partial charge is 0.284 e. The maximum Gasteiger partial charge on any atom is 0.281 e. The Morgan fingerprint density at radius 1 is 0.968 bits per heavy atom. The number of hydrazone groups is 1. The molecule has 2 fully saturated rings. The smallest absolute Gasteiger partial charge is 0.281 e. The van der Waals surface area contributed by atoms with Crippen LogP contribution in [0.4, 0.5) is 5.69 Å². The first-order valence-corrected chi connectivity index (χ1v) is 11.7. The lowest BCUT2D eigenvalue weighted by Gasteiger charge is -2.25. The van der Waals surface area contributed by atoms with Gasteiger partial charge in [0.2, 0.25) is 0 Å². The zero-order valence-electron chi connectivity index (χ0n) is 16.9. The number of hydrogen-bond acceptors (Lipinski definition) is 4. The summed E-state index contributed by atoms with van der Waals surface area (Å²) in [6.07, 6.45) is 4.31. The second kappa shape index (κ2) is 8.62. The van der Waals surface area contributed by atoms with E-state index in [9.17, 15) is 4.79 Å². The SMILES string of the molecule is O=C(NN1CC2CCCC2C1)C1=NN(c2ccc(Cl)cc2Cl)[C@H](c2ccc(Cl)cc2)C1. The van der Waals surface area contributed by atoms with Crippen molar-refractivity contribution in [2.75, 3.05) is 18.1 Å². The molecular formula is C23H23Cl3N4O. The summed E-state index contributed by atoms with van der Waals surface area (Å²) in [5.41, 5.74) is 5.30. The number of halogens is 3. The summed E-state index contributed by atoms with van der Waals surface area (Å²) in [6, 6.07) is 12.8. The van der Waals surface area contributed by atoms with E-state index in [1.807, 2.05) is 35.3 Å². The van der Waals surface area contributed by atoms with E-state index in [-0.39, 0.29) is 11.9 Å². The second-order valence-corrected chi connectivity index (χ2v) is 9.84. The third-order valence-electron chi connectivity index (χ3n) is 6.57. The highest BCUT2D eigenvalue weighted by molar-refractivity contribution is 6.40. The van der Waals surface area contributed by atoms with Crippen molar-refractivity contribution in [1.82, 2.24) is 10.4 Å². The predicted octanol–water partition coefficient (Wildman–Crippen LogP) is 5.72. The normalized spacial score (nSPS) is 25.6. The van der Waals surface area contributed by atoms with E-state index in [1.54, 1.807) is 12.1 Å². The maximum atomic E-state index is 13.1. The summed E-state index contributed by atoms with van der Waals surface area (Å²) >= 11 is 18.6. The van der Waals surface area contributed by atoms with Gasteiger partial charge in [-0.25, -0.2) is 5.01 Å². The first-order valence-electron chi connectivity index (χ1n) is 10.6. The molecule has 5 nitrogen and oxygen atoms in total. The third kappa shape index (κ3) is 4.29. The molecule has 5 rings (SSSR count). The Morgan fingerprint density at radius 2 is 1.65 bits per heavy atom. The van der Waals surface area contributed by atoms with Gasteiger partial charge in [0.1, 0.15) is 5.71 Å². The number of carbonyl (C=O) groups is 1. The fourth-order valence-electron chi connectivity index (χ4n) is 5.02. The Kier molecular flexibility index (Phi) is 5.86. The molecule has 1 saturated carbocycles. The van der Waals surface area contributed by atoms with Crippen molar-refractivity contribution in [2.45, 2.75) is 31.7 Å².